The molecule has 0 amide bonds. The zero-order valence-electron chi connectivity index (χ0n) is 10.6. The lowest BCUT2D eigenvalue weighted by Crippen LogP contribution is -1.71. The van der Waals surface area contributed by atoms with E-state index in [4.69, 9.17) is 4.42 Å². The van der Waals surface area contributed by atoms with Crippen LogP contribution in [0.4, 0.5) is 0 Å². The van der Waals surface area contributed by atoms with Gasteiger partial charge < -0.3 is 4.42 Å². The maximum Gasteiger partial charge on any atom is 0.137 e. The first kappa shape index (κ1) is 13.7. The van der Waals surface area contributed by atoms with E-state index in [1.54, 1.807) is 6.20 Å². The van der Waals surface area contributed by atoms with Crippen molar-refractivity contribution >= 4 is 11.0 Å². The highest BCUT2D eigenvalue weighted by Crippen LogP contribution is 2.22. The first-order chi connectivity index (χ1) is 7.29. The van der Waals surface area contributed by atoms with Gasteiger partial charge in [-0.1, -0.05) is 27.7 Å². The average molecular weight is 207 g/mol. The SMILES string of the molecule is CC.CC.Cc1oc2ccncc2c1C. The molecule has 0 spiro atoms. The molecule has 0 bridgehead atoms. The quantitative estimate of drug-likeness (QED) is 0.635. The summed E-state index contributed by atoms with van der Waals surface area (Å²) in [6, 6.07) is 1.88. The van der Waals surface area contributed by atoms with Gasteiger partial charge in [0.05, 0.1) is 0 Å². The minimum absolute atomic E-state index is 0.926. The van der Waals surface area contributed by atoms with Gasteiger partial charge in [-0.3, -0.25) is 4.98 Å². The number of nitrogens with zero attached hydrogens (tertiary/aromatic N) is 1. The summed E-state index contributed by atoms with van der Waals surface area (Å²) in [5, 5.41) is 1.12. The summed E-state index contributed by atoms with van der Waals surface area (Å²) in [5.41, 5.74) is 2.11. The molecule has 0 N–H and O–H groups in total. The molecule has 84 valence electrons. The van der Waals surface area contributed by atoms with Crippen molar-refractivity contribution in [2.75, 3.05) is 0 Å². The molecule has 2 heterocycles. The molecule has 0 aliphatic rings. The molecule has 0 unspecified atom stereocenters. The first-order valence-corrected chi connectivity index (χ1v) is 5.59. The van der Waals surface area contributed by atoms with E-state index in [0.717, 1.165) is 16.7 Å². The van der Waals surface area contributed by atoms with Crippen molar-refractivity contribution in [3.63, 3.8) is 0 Å². The number of pyridine rings is 1. The number of aryl methyl sites for hydroxylation is 2. The van der Waals surface area contributed by atoms with Gasteiger partial charge in [-0.15, -0.1) is 0 Å². The fraction of sp³-hybridized carbons (Fsp3) is 0.462. The molecular weight excluding hydrogens is 186 g/mol. The van der Waals surface area contributed by atoms with Crippen LogP contribution in [0, 0.1) is 13.8 Å². The number of hydrogen-bond acceptors (Lipinski definition) is 2. The predicted octanol–water partition coefficient (Wildman–Crippen LogP) is 4.50. The summed E-state index contributed by atoms with van der Waals surface area (Å²) < 4.78 is 5.46. The molecule has 0 aliphatic carbocycles. The lowest BCUT2D eigenvalue weighted by molar-refractivity contribution is 0.575. The second kappa shape index (κ2) is 7.04. The highest BCUT2D eigenvalue weighted by atomic mass is 16.3. The Kier molecular flexibility index (Phi) is 6.43. The van der Waals surface area contributed by atoms with Gasteiger partial charge in [-0.05, 0) is 25.5 Å². The topological polar surface area (TPSA) is 26.0 Å². The van der Waals surface area contributed by atoms with Crippen LogP contribution < -0.4 is 0 Å². The summed E-state index contributed by atoms with van der Waals surface area (Å²) in [6.45, 7) is 12.0. The van der Waals surface area contributed by atoms with Crippen molar-refractivity contribution in [1.82, 2.24) is 4.98 Å². The summed E-state index contributed by atoms with van der Waals surface area (Å²) in [6.07, 6.45) is 3.58. The Labute approximate surface area is 92.3 Å². The Morgan fingerprint density at radius 3 is 2.20 bits per heavy atom. The highest BCUT2D eigenvalue weighted by molar-refractivity contribution is 5.80. The second-order valence-electron chi connectivity index (χ2n) is 2.66. The molecular formula is C13H21NO. The molecule has 0 aliphatic heterocycles. The Morgan fingerprint density at radius 1 is 1.07 bits per heavy atom. The Balaban J connectivity index is 0.000000442. The van der Waals surface area contributed by atoms with Crippen LogP contribution in [0.1, 0.15) is 39.0 Å². The summed E-state index contributed by atoms with van der Waals surface area (Å²) in [4.78, 5) is 4.03. The van der Waals surface area contributed by atoms with Gasteiger partial charge in [0.15, 0.2) is 0 Å². The largest absolute Gasteiger partial charge is 0.461 e. The number of furan rings is 1. The number of rotatable bonds is 0. The molecule has 2 aromatic rings. The maximum absolute atomic E-state index is 5.46. The Bertz CT molecular complexity index is 390. The van der Waals surface area contributed by atoms with Crippen molar-refractivity contribution in [3.05, 3.63) is 29.8 Å². The van der Waals surface area contributed by atoms with Crippen LogP contribution in [-0.4, -0.2) is 4.98 Å². The highest BCUT2D eigenvalue weighted by Gasteiger charge is 2.04. The summed E-state index contributed by atoms with van der Waals surface area (Å²) in [5.74, 6) is 0.980. The third-order valence-corrected chi connectivity index (χ3v) is 1.98. The van der Waals surface area contributed by atoms with Crippen LogP contribution in [0.3, 0.4) is 0 Å². The second-order valence-corrected chi connectivity index (χ2v) is 2.66. The molecule has 2 nitrogen and oxygen atoms in total. The molecule has 2 heteroatoms. The molecule has 0 atom stereocenters. The fourth-order valence-electron chi connectivity index (χ4n) is 1.18. The number of fused-ring (bicyclic) bond motifs is 1. The number of aromatic nitrogens is 1. The van der Waals surface area contributed by atoms with E-state index in [0.29, 0.717) is 0 Å². The van der Waals surface area contributed by atoms with Gasteiger partial charge in [-0.2, -0.15) is 0 Å². The van der Waals surface area contributed by atoms with E-state index in [1.165, 1.54) is 5.56 Å². The Morgan fingerprint density at radius 2 is 1.67 bits per heavy atom. The van der Waals surface area contributed by atoms with Crippen LogP contribution in [0.2, 0.25) is 0 Å². The van der Waals surface area contributed by atoms with Crippen molar-refractivity contribution in [2.45, 2.75) is 41.5 Å². The molecule has 0 fully saturated rings. The first-order valence-electron chi connectivity index (χ1n) is 5.59. The summed E-state index contributed by atoms with van der Waals surface area (Å²) in [7, 11) is 0. The van der Waals surface area contributed by atoms with Crippen LogP contribution in [0.15, 0.2) is 22.9 Å². The van der Waals surface area contributed by atoms with Gasteiger partial charge in [0.2, 0.25) is 0 Å². The Hall–Kier alpha value is -1.31. The van der Waals surface area contributed by atoms with Crippen LogP contribution >= 0.6 is 0 Å². The molecule has 0 saturated carbocycles. The van der Waals surface area contributed by atoms with Gasteiger partial charge in [-0.25, -0.2) is 0 Å². The predicted molar refractivity (Wildman–Crippen MR) is 66.2 cm³/mol. The van der Waals surface area contributed by atoms with E-state index in [-0.39, 0.29) is 0 Å². The van der Waals surface area contributed by atoms with Crippen LogP contribution in [0.25, 0.3) is 11.0 Å². The normalized spacial score (nSPS) is 8.67. The maximum atomic E-state index is 5.46. The zero-order valence-corrected chi connectivity index (χ0v) is 10.6. The fourth-order valence-corrected chi connectivity index (χ4v) is 1.18. The van der Waals surface area contributed by atoms with Gasteiger partial charge in [0.1, 0.15) is 11.3 Å². The van der Waals surface area contributed by atoms with E-state index in [1.807, 2.05) is 53.8 Å². The van der Waals surface area contributed by atoms with Crippen LogP contribution in [0.5, 0.6) is 0 Å². The van der Waals surface area contributed by atoms with Crippen molar-refractivity contribution in [3.8, 4) is 0 Å². The monoisotopic (exact) mass is 207 g/mol. The third kappa shape index (κ3) is 3.08. The van der Waals surface area contributed by atoms with Crippen LogP contribution in [-0.2, 0) is 0 Å². The van der Waals surface area contributed by atoms with Crippen molar-refractivity contribution < 1.29 is 4.42 Å². The zero-order chi connectivity index (χ0) is 11.8. The van der Waals surface area contributed by atoms with E-state index in [2.05, 4.69) is 4.98 Å². The molecule has 2 aromatic heterocycles. The minimum atomic E-state index is 0.926. The van der Waals surface area contributed by atoms with E-state index in [9.17, 15) is 0 Å². The molecule has 0 saturated heterocycles. The molecule has 0 aromatic carbocycles. The van der Waals surface area contributed by atoms with Crippen molar-refractivity contribution in [2.24, 2.45) is 0 Å². The minimum Gasteiger partial charge on any atom is -0.461 e. The standard InChI is InChI=1S/C9H9NO.2C2H6/c1-6-7(2)11-9-3-4-10-5-8(6)9;2*1-2/h3-5H,1-2H3;2*1-2H3. The van der Waals surface area contributed by atoms with Gasteiger partial charge >= 0.3 is 0 Å². The lowest BCUT2D eigenvalue weighted by atomic mass is 10.2. The lowest BCUT2D eigenvalue weighted by Gasteiger charge is -1.84. The molecule has 15 heavy (non-hydrogen) atoms. The van der Waals surface area contributed by atoms with Crippen molar-refractivity contribution in [1.29, 1.82) is 0 Å². The average Bonchev–Trinajstić information content (AvgIpc) is 2.61. The van der Waals surface area contributed by atoms with E-state index < -0.39 is 0 Å². The van der Waals surface area contributed by atoms with Gasteiger partial charge in [0.25, 0.3) is 0 Å². The summed E-state index contributed by atoms with van der Waals surface area (Å²) >= 11 is 0. The van der Waals surface area contributed by atoms with Gasteiger partial charge in [0, 0.05) is 17.8 Å². The number of hydrogen-bond donors (Lipinski definition) is 0. The molecule has 0 radical (unpaired) electrons. The smallest absolute Gasteiger partial charge is 0.137 e. The van der Waals surface area contributed by atoms with E-state index >= 15 is 0 Å². The third-order valence-electron chi connectivity index (χ3n) is 1.98. The molecule has 2 rings (SSSR count).